The molecule has 19 heavy (non-hydrogen) atoms. The van der Waals surface area contributed by atoms with Crippen LogP contribution in [-0.2, 0) is 31.9 Å². The van der Waals surface area contributed by atoms with E-state index in [0.717, 1.165) is 48.4 Å². The predicted molar refractivity (Wildman–Crippen MR) is 71.8 cm³/mol. The molecule has 0 bridgehead atoms. The van der Waals surface area contributed by atoms with E-state index in [2.05, 4.69) is 18.1 Å². The molecule has 2 aromatic heterocycles. The van der Waals surface area contributed by atoms with Crippen molar-refractivity contribution >= 4 is 0 Å². The maximum atomic E-state index is 11.0. The fourth-order valence-electron chi connectivity index (χ4n) is 3.02. The van der Waals surface area contributed by atoms with Crippen LogP contribution in [0, 0.1) is 0 Å². The standard InChI is InChI=1S/C15H20N2O2/c1-3-11-9-12(17(2)16-11)10-15(18)7-4-5-14-13(15)6-8-19-14/h6,8-9,18H,3-5,7,10H2,1-2H3. The van der Waals surface area contributed by atoms with Gasteiger partial charge in [-0.2, -0.15) is 5.10 Å². The van der Waals surface area contributed by atoms with Crippen LogP contribution in [0.4, 0.5) is 0 Å². The highest BCUT2D eigenvalue weighted by Crippen LogP contribution is 2.38. The summed E-state index contributed by atoms with van der Waals surface area (Å²) in [5, 5.41) is 15.4. The normalized spacial score (nSPS) is 22.5. The quantitative estimate of drug-likeness (QED) is 0.921. The fourth-order valence-corrected chi connectivity index (χ4v) is 3.02. The van der Waals surface area contributed by atoms with Crippen molar-refractivity contribution in [1.82, 2.24) is 9.78 Å². The Hall–Kier alpha value is -1.55. The second kappa shape index (κ2) is 4.53. The molecule has 3 rings (SSSR count). The molecule has 0 spiro atoms. The molecule has 1 unspecified atom stereocenters. The molecule has 102 valence electrons. The van der Waals surface area contributed by atoms with Gasteiger partial charge in [0.2, 0.25) is 0 Å². The monoisotopic (exact) mass is 260 g/mol. The lowest BCUT2D eigenvalue weighted by Crippen LogP contribution is -2.32. The number of nitrogens with zero attached hydrogens (tertiary/aromatic N) is 2. The van der Waals surface area contributed by atoms with Gasteiger partial charge < -0.3 is 9.52 Å². The van der Waals surface area contributed by atoms with Gasteiger partial charge in [0, 0.05) is 31.1 Å². The van der Waals surface area contributed by atoms with Crippen LogP contribution >= 0.6 is 0 Å². The summed E-state index contributed by atoms with van der Waals surface area (Å²) in [6.07, 6.45) is 5.88. The third kappa shape index (κ3) is 2.10. The van der Waals surface area contributed by atoms with Crippen LogP contribution < -0.4 is 0 Å². The van der Waals surface area contributed by atoms with E-state index in [4.69, 9.17) is 4.42 Å². The minimum absolute atomic E-state index is 0.600. The topological polar surface area (TPSA) is 51.2 Å². The van der Waals surface area contributed by atoms with E-state index in [9.17, 15) is 5.11 Å². The molecule has 0 fully saturated rings. The third-order valence-corrected chi connectivity index (χ3v) is 4.10. The van der Waals surface area contributed by atoms with Crippen molar-refractivity contribution < 1.29 is 9.52 Å². The number of furan rings is 1. The molecular weight excluding hydrogens is 240 g/mol. The van der Waals surface area contributed by atoms with E-state index in [-0.39, 0.29) is 0 Å². The number of aryl methyl sites for hydroxylation is 3. The second-order valence-electron chi connectivity index (χ2n) is 5.42. The number of aromatic nitrogens is 2. The Balaban J connectivity index is 1.93. The van der Waals surface area contributed by atoms with E-state index in [0.29, 0.717) is 6.42 Å². The number of aliphatic hydroxyl groups is 1. The number of hydrogen-bond donors (Lipinski definition) is 1. The molecule has 1 aliphatic rings. The van der Waals surface area contributed by atoms with Gasteiger partial charge >= 0.3 is 0 Å². The molecule has 1 aliphatic carbocycles. The molecule has 0 saturated heterocycles. The van der Waals surface area contributed by atoms with Gasteiger partial charge in [0.15, 0.2) is 0 Å². The molecular formula is C15H20N2O2. The van der Waals surface area contributed by atoms with Crippen molar-refractivity contribution in [1.29, 1.82) is 0 Å². The second-order valence-corrected chi connectivity index (χ2v) is 5.42. The molecule has 2 aromatic rings. The summed E-state index contributed by atoms with van der Waals surface area (Å²) >= 11 is 0. The van der Waals surface area contributed by atoms with Gasteiger partial charge in [0.1, 0.15) is 5.76 Å². The van der Waals surface area contributed by atoms with Crippen LogP contribution in [0.1, 0.15) is 42.5 Å². The summed E-state index contributed by atoms with van der Waals surface area (Å²) in [6.45, 7) is 2.09. The lowest BCUT2D eigenvalue weighted by atomic mass is 9.80. The first-order valence-corrected chi connectivity index (χ1v) is 6.93. The SMILES string of the molecule is CCc1cc(CC2(O)CCCc3occc32)n(C)n1. The molecule has 4 heteroatoms. The van der Waals surface area contributed by atoms with Gasteiger partial charge in [0.25, 0.3) is 0 Å². The van der Waals surface area contributed by atoms with E-state index in [1.807, 2.05) is 17.8 Å². The molecule has 0 amide bonds. The van der Waals surface area contributed by atoms with Crippen LogP contribution in [0.3, 0.4) is 0 Å². The predicted octanol–water partition coefficient (Wildman–Crippen LogP) is 2.34. The highest BCUT2D eigenvalue weighted by molar-refractivity contribution is 5.30. The first-order chi connectivity index (χ1) is 9.12. The highest BCUT2D eigenvalue weighted by atomic mass is 16.3. The Morgan fingerprint density at radius 2 is 2.37 bits per heavy atom. The van der Waals surface area contributed by atoms with Crippen molar-refractivity contribution in [2.24, 2.45) is 7.05 Å². The average molecular weight is 260 g/mol. The maximum absolute atomic E-state index is 11.0. The van der Waals surface area contributed by atoms with Gasteiger partial charge in [-0.3, -0.25) is 4.68 Å². The molecule has 0 aromatic carbocycles. The van der Waals surface area contributed by atoms with Crippen molar-refractivity contribution in [2.45, 2.75) is 44.6 Å². The van der Waals surface area contributed by atoms with Crippen LogP contribution in [0.2, 0.25) is 0 Å². The van der Waals surface area contributed by atoms with Crippen LogP contribution in [0.25, 0.3) is 0 Å². The molecule has 4 nitrogen and oxygen atoms in total. The maximum Gasteiger partial charge on any atom is 0.109 e. The van der Waals surface area contributed by atoms with Gasteiger partial charge in [-0.15, -0.1) is 0 Å². The van der Waals surface area contributed by atoms with Gasteiger partial charge in [-0.1, -0.05) is 6.92 Å². The average Bonchev–Trinajstić information content (AvgIpc) is 2.98. The fraction of sp³-hybridized carbons (Fsp3) is 0.533. The molecule has 0 saturated carbocycles. The summed E-state index contributed by atoms with van der Waals surface area (Å²) in [7, 11) is 1.94. The Kier molecular flexibility index (Phi) is 2.97. The number of rotatable bonds is 3. The van der Waals surface area contributed by atoms with Crippen molar-refractivity contribution in [3.05, 3.63) is 41.1 Å². The van der Waals surface area contributed by atoms with E-state index < -0.39 is 5.60 Å². The van der Waals surface area contributed by atoms with Crippen LogP contribution in [0.15, 0.2) is 22.8 Å². The summed E-state index contributed by atoms with van der Waals surface area (Å²) in [4.78, 5) is 0. The summed E-state index contributed by atoms with van der Waals surface area (Å²) in [5.41, 5.74) is 2.30. The van der Waals surface area contributed by atoms with Crippen molar-refractivity contribution in [3.8, 4) is 0 Å². The summed E-state index contributed by atoms with van der Waals surface area (Å²) < 4.78 is 7.34. The number of fused-ring (bicyclic) bond motifs is 1. The Morgan fingerprint density at radius 3 is 3.11 bits per heavy atom. The zero-order valence-corrected chi connectivity index (χ0v) is 11.5. The summed E-state index contributed by atoms with van der Waals surface area (Å²) in [5.74, 6) is 0.937. The zero-order chi connectivity index (χ0) is 13.5. The van der Waals surface area contributed by atoms with Gasteiger partial charge in [-0.05, 0) is 31.4 Å². The minimum atomic E-state index is -0.806. The van der Waals surface area contributed by atoms with Crippen molar-refractivity contribution in [2.75, 3.05) is 0 Å². The van der Waals surface area contributed by atoms with Gasteiger partial charge in [0.05, 0.1) is 17.6 Å². The smallest absolute Gasteiger partial charge is 0.109 e. The molecule has 1 atom stereocenters. The Labute approximate surface area is 113 Å². The number of hydrogen-bond acceptors (Lipinski definition) is 3. The lowest BCUT2D eigenvalue weighted by Gasteiger charge is -2.31. The summed E-state index contributed by atoms with van der Waals surface area (Å²) in [6, 6.07) is 4.00. The molecule has 0 aliphatic heterocycles. The first kappa shape index (κ1) is 12.5. The lowest BCUT2D eigenvalue weighted by molar-refractivity contribution is 0.0151. The largest absolute Gasteiger partial charge is 0.469 e. The molecule has 1 N–H and O–H groups in total. The molecule has 2 heterocycles. The first-order valence-electron chi connectivity index (χ1n) is 6.93. The third-order valence-electron chi connectivity index (χ3n) is 4.10. The van der Waals surface area contributed by atoms with Gasteiger partial charge in [-0.25, -0.2) is 0 Å². The molecule has 0 radical (unpaired) electrons. The van der Waals surface area contributed by atoms with E-state index in [1.54, 1.807) is 6.26 Å². The van der Waals surface area contributed by atoms with E-state index in [1.165, 1.54) is 0 Å². The zero-order valence-electron chi connectivity index (χ0n) is 11.5. The Bertz CT molecular complexity index is 585. The van der Waals surface area contributed by atoms with Crippen molar-refractivity contribution in [3.63, 3.8) is 0 Å². The van der Waals surface area contributed by atoms with E-state index >= 15 is 0 Å². The van der Waals surface area contributed by atoms with Crippen LogP contribution in [0.5, 0.6) is 0 Å². The minimum Gasteiger partial charge on any atom is -0.469 e. The Morgan fingerprint density at radius 1 is 1.53 bits per heavy atom. The van der Waals surface area contributed by atoms with Crippen LogP contribution in [-0.4, -0.2) is 14.9 Å². The highest BCUT2D eigenvalue weighted by Gasteiger charge is 2.37.